The highest BCUT2D eigenvalue weighted by atomic mass is 15.3. The molecule has 0 aliphatic carbocycles. The maximum Gasteiger partial charge on any atom is 0.0489 e. The number of aryl methyl sites for hydroxylation is 1. The molecule has 1 aromatic rings. The predicted octanol–water partition coefficient (Wildman–Crippen LogP) is -0.0507. The molecule has 12 heavy (non-hydrogen) atoms. The molecule has 0 saturated carbocycles. The van der Waals surface area contributed by atoms with Crippen LogP contribution in [0, 0.1) is 0 Å². The van der Waals surface area contributed by atoms with Gasteiger partial charge < -0.3 is 11.5 Å². The maximum atomic E-state index is 5.66. The van der Waals surface area contributed by atoms with Gasteiger partial charge in [-0.1, -0.05) is 0 Å². The Bertz CT molecular complexity index is 195. The average Bonchev–Trinajstić information content (AvgIpc) is 2.57. The van der Waals surface area contributed by atoms with Gasteiger partial charge in [0.05, 0.1) is 0 Å². The number of rotatable bonds is 5. The molecule has 0 radical (unpaired) electrons. The van der Waals surface area contributed by atoms with Crippen molar-refractivity contribution in [3.8, 4) is 0 Å². The van der Waals surface area contributed by atoms with E-state index in [1.54, 1.807) is 6.20 Å². The minimum absolute atomic E-state index is 0.139. The van der Waals surface area contributed by atoms with Gasteiger partial charge in [0.15, 0.2) is 0 Å². The third kappa shape index (κ3) is 3.02. The minimum atomic E-state index is 0.139. The molecule has 0 bridgehead atoms. The summed E-state index contributed by atoms with van der Waals surface area (Å²) in [4.78, 5) is 0. The van der Waals surface area contributed by atoms with Crippen LogP contribution in [0.25, 0.3) is 0 Å². The number of hydrogen-bond donors (Lipinski definition) is 2. The van der Waals surface area contributed by atoms with Gasteiger partial charge in [-0.05, 0) is 18.9 Å². The third-order valence-electron chi connectivity index (χ3n) is 1.82. The van der Waals surface area contributed by atoms with Crippen molar-refractivity contribution in [2.75, 3.05) is 6.54 Å². The summed E-state index contributed by atoms with van der Waals surface area (Å²) < 4.78 is 1.91. The lowest BCUT2D eigenvalue weighted by molar-refractivity contribution is 0.512. The lowest BCUT2D eigenvalue weighted by atomic mass is 10.2. The van der Waals surface area contributed by atoms with Gasteiger partial charge in [-0.2, -0.15) is 5.10 Å². The van der Waals surface area contributed by atoms with E-state index in [2.05, 4.69) is 5.10 Å². The van der Waals surface area contributed by atoms with Gasteiger partial charge in [0.2, 0.25) is 0 Å². The first-order valence-electron chi connectivity index (χ1n) is 4.26. The van der Waals surface area contributed by atoms with Crippen molar-refractivity contribution >= 4 is 0 Å². The normalized spacial score (nSPS) is 13.2. The van der Waals surface area contributed by atoms with E-state index in [9.17, 15) is 0 Å². The van der Waals surface area contributed by atoms with Gasteiger partial charge in [0, 0.05) is 31.5 Å². The fraction of sp³-hybridized carbons (Fsp3) is 0.625. The Morgan fingerprint density at radius 1 is 1.50 bits per heavy atom. The Morgan fingerprint density at radius 2 is 2.33 bits per heavy atom. The van der Waals surface area contributed by atoms with E-state index in [1.165, 1.54) is 0 Å². The Morgan fingerprint density at radius 3 is 2.92 bits per heavy atom. The molecule has 1 heterocycles. The number of aromatic nitrogens is 2. The first-order chi connectivity index (χ1) is 5.83. The van der Waals surface area contributed by atoms with E-state index in [1.807, 2.05) is 16.9 Å². The van der Waals surface area contributed by atoms with Crippen LogP contribution in [0.4, 0.5) is 0 Å². The predicted molar refractivity (Wildman–Crippen MR) is 48.5 cm³/mol. The number of hydrogen-bond acceptors (Lipinski definition) is 3. The summed E-state index contributed by atoms with van der Waals surface area (Å²) in [5.74, 6) is 0. The SMILES string of the molecule is NCC(N)CCCn1cccn1. The summed E-state index contributed by atoms with van der Waals surface area (Å²) in [5, 5.41) is 4.08. The highest BCUT2D eigenvalue weighted by molar-refractivity contribution is 4.77. The zero-order valence-corrected chi connectivity index (χ0v) is 7.19. The van der Waals surface area contributed by atoms with E-state index < -0.39 is 0 Å². The Labute approximate surface area is 72.5 Å². The lowest BCUT2D eigenvalue weighted by Crippen LogP contribution is -2.29. The molecule has 1 atom stereocenters. The van der Waals surface area contributed by atoms with E-state index in [4.69, 9.17) is 11.5 Å². The molecule has 0 fully saturated rings. The van der Waals surface area contributed by atoms with E-state index in [0.29, 0.717) is 6.54 Å². The molecule has 1 aromatic heterocycles. The monoisotopic (exact) mass is 168 g/mol. The maximum absolute atomic E-state index is 5.66. The van der Waals surface area contributed by atoms with Gasteiger partial charge >= 0.3 is 0 Å². The van der Waals surface area contributed by atoms with Gasteiger partial charge in [-0.25, -0.2) is 0 Å². The average molecular weight is 168 g/mol. The molecule has 68 valence electrons. The quantitative estimate of drug-likeness (QED) is 0.647. The number of nitrogens with zero attached hydrogens (tertiary/aromatic N) is 2. The Hall–Kier alpha value is -0.870. The van der Waals surface area contributed by atoms with E-state index in [0.717, 1.165) is 19.4 Å². The van der Waals surface area contributed by atoms with Crippen LogP contribution in [0.3, 0.4) is 0 Å². The fourth-order valence-corrected chi connectivity index (χ4v) is 1.07. The molecular weight excluding hydrogens is 152 g/mol. The summed E-state index contributed by atoms with van der Waals surface area (Å²) in [6.07, 6.45) is 5.74. The second kappa shape index (κ2) is 4.90. The molecule has 0 aliphatic rings. The van der Waals surface area contributed by atoms with Gasteiger partial charge in [0.1, 0.15) is 0 Å². The largest absolute Gasteiger partial charge is 0.329 e. The third-order valence-corrected chi connectivity index (χ3v) is 1.82. The molecule has 0 amide bonds. The van der Waals surface area contributed by atoms with Crippen LogP contribution >= 0.6 is 0 Å². The molecule has 0 saturated heterocycles. The van der Waals surface area contributed by atoms with Crippen molar-refractivity contribution in [2.45, 2.75) is 25.4 Å². The summed E-state index contributed by atoms with van der Waals surface area (Å²) >= 11 is 0. The molecule has 0 aromatic carbocycles. The van der Waals surface area contributed by atoms with Crippen LogP contribution in [0.1, 0.15) is 12.8 Å². The van der Waals surface area contributed by atoms with Crippen LogP contribution < -0.4 is 11.5 Å². The molecule has 4 nitrogen and oxygen atoms in total. The molecule has 0 spiro atoms. The minimum Gasteiger partial charge on any atom is -0.329 e. The summed E-state index contributed by atoms with van der Waals surface area (Å²) in [6.45, 7) is 1.50. The first kappa shape index (κ1) is 9.22. The van der Waals surface area contributed by atoms with Crippen molar-refractivity contribution in [2.24, 2.45) is 11.5 Å². The lowest BCUT2D eigenvalue weighted by Gasteiger charge is -2.07. The molecule has 0 aliphatic heterocycles. The van der Waals surface area contributed by atoms with Gasteiger partial charge in [-0.3, -0.25) is 4.68 Å². The van der Waals surface area contributed by atoms with E-state index >= 15 is 0 Å². The highest BCUT2D eigenvalue weighted by Crippen LogP contribution is 1.96. The topological polar surface area (TPSA) is 69.9 Å². The van der Waals surface area contributed by atoms with Crippen LogP contribution in [-0.2, 0) is 6.54 Å². The number of nitrogens with two attached hydrogens (primary N) is 2. The highest BCUT2D eigenvalue weighted by Gasteiger charge is 1.98. The van der Waals surface area contributed by atoms with Crippen molar-refractivity contribution in [1.29, 1.82) is 0 Å². The molecule has 4 N–H and O–H groups in total. The van der Waals surface area contributed by atoms with Crippen molar-refractivity contribution in [1.82, 2.24) is 9.78 Å². The fourth-order valence-electron chi connectivity index (χ4n) is 1.07. The summed E-state index contributed by atoms with van der Waals surface area (Å²) in [5.41, 5.74) is 11.0. The second-order valence-corrected chi connectivity index (χ2v) is 2.91. The van der Waals surface area contributed by atoms with E-state index in [-0.39, 0.29) is 6.04 Å². The standard InChI is InChI=1S/C8H16N4/c9-7-8(10)3-1-5-12-6-2-4-11-12/h2,4,6,8H,1,3,5,7,9-10H2. The first-order valence-corrected chi connectivity index (χ1v) is 4.26. The molecule has 4 heteroatoms. The van der Waals surface area contributed by atoms with Gasteiger partial charge in [0.25, 0.3) is 0 Å². The summed E-state index contributed by atoms with van der Waals surface area (Å²) in [6, 6.07) is 2.06. The molecule has 1 unspecified atom stereocenters. The Kier molecular flexibility index (Phi) is 3.76. The van der Waals surface area contributed by atoms with Crippen molar-refractivity contribution < 1.29 is 0 Å². The van der Waals surface area contributed by atoms with Crippen LogP contribution in [0.15, 0.2) is 18.5 Å². The zero-order valence-electron chi connectivity index (χ0n) is 7.19. The van der Waals surface area contributed by atoms with Crippen LogP contribution in [0.5, 0.6) is 0 Å². The Balaban J connectivity index is 2.11. The van der Waals surface area contributed by atoms with Crippen LogP contribution in [-0.4, -0.2) is 22.4 Å². The summed E-state index contributed by atoms with van der Waals surface area (Å²) in [7, 11) is 0. The smallest absolute Gasteiger partial charge is 0.0489 e. The van der Waals surface area contributed by atoms with Crippen molar-refractivity contribution in [3.63, 3.8) is 0 Å². The molecule has 1 rings (SSSR count). The van der Waals surface area contributed by atoms with Gasteiger partial charge in [-0.15, -0.1) is 0 Å². The van der Waals surface area contributed by atoms with Crippen molar-refractivity contribution in [3.05, 3.63) is 18.5 Å². The second-order valence-electron chi connectivity index (χ2n) is 2.91. The molecular formula is C8H16N4. The zero-order chi connectivity index (χ0) is 8.81. The van der Waals surface area contributed by atoms with Crippen LogP contribution in [0.2, 0.25) is 0 Å².